The zero-order valence-corrected chi connectivity index (χ0v) is 20.5. The molecule has 1 aliphatic carbocycles. The predicted octanol–water partition coefficient (Wildman–Crippen LogP) is 4.20. The van der Waals surface area contributed by atoms with Crippen LogP contribution < -0.4 is 19.5 Å². The SMILES string of the molecule is COc1cc(OC)c2c(c1Cl)O[C@@]1(C(=O)C3=C(C[C@H]1C)NC(=O)CC3c1ccc(O)c(Cl)c1)C2=O. The van der Waals surface area contributed by atoms with Gasteiger partial charge < -0.3 is 24.6 Å². The molecule has 8 nitrogen and oxygen atoms in total. The van der Waals surface area contributed by atoms with Gasteiger partial charge in [-0.2, -0.15) is 0 Å². The fraction of sp³-hybridized carbons (Fsp3) is 0.320. The number of Topliss-reactive ketones (excluding diaryl/α,β-unsaturated/α-hetero) is 2. The van der Waals surface area contributed by atoms with E-state index in [4.69, 9.17) is 37.4 Å². The van der Waals surface area contributed by atoms with E-state index in [1.165, 1.54) is 32.4 Å². The molecule has 1 spiro atoms. The van der Waals surface area contributed by atoms with Crippen molar-refractivity contribution < 1.29 is 33.7 Å². The zero-order chi connectivity index (χ0) is 25.2. The molecule has 3 aliphatic rings. The van der Waals surface area contributed by atoms with E-state index in [-0.39, 0.29) is 62.9 Å². The fourth-order valence-electron chi connectivity index (χ4n) is 5.21. The second-order valence-electron chi connectivity index (χ2n) is 8.81. The number of rotatable bonds is 3. The van der Waals surface area contributed by atoms with Crippen LogP contribution in [0.2, 0.25) is 10.0 Å². The third-order valence-corrected chi connectivity index (χ3v) is 7.59. The first-order chi connectivity index (χ1) is 16.6. The van der Waals surface area contributed by atoms with Crippen molar-refractivity contribution in [3.05, 3.63) is 56.7 Å². The second kappa shape index (κ2) is 8.17. The Bertz CT molecular complexity index is 1350. The van der Waals surface area contributed by atoms with E-state index < -0.39 is 29.0 Å². The van der Waals surface area contributed by atoms with Crippen molar-refractivity contribution >= 4 is 40.7 Å². The average Bonchev–Trinajstić information content (AvgIpc) is 3.14. The number of phenolic OH excluding ortho intramolecular Hbond substituents is 1. The number of hydrogen-bond donors (Lipinski definition) is 2. The molecular formula is C25H21Cl2NO7. The van der Waals surface area contributed by atoms with Crippen molar-refractivity contribution in [2.75, 3.05) is 14.2 Å². The lowest BCUT2D eigenvalue weighted by atomic mass is 9.66. The Morgan fingerprint density at radius 1 is 1.06 bits per heavy atom. The molecule has 0 aromatic heterocycles. The van der Waals surface area contributed by atoms with Crippen LogP contribution in [0.3, 0.4) is 0 Å². The molecular weight excluding hydrogens is 497 g/mol. The number of ether oxygens (including phenoxy) is 3. The third kappa shape index (κ3) is 3.23. The van der Waals surface area contributed by atoms with E-state index in [1.807, 2.05) is 0 Å². The molecule has 1 amide bonds. The number of fused-ring (bicyclic) bond motifs is 1. The molecule has 2 aromatic carbocycles. The van der Waals surface area contributed by atoms with Crippen LogP contribution in [0, 0.1) is 5.92 Å². The van der Waals surface area contributed by atoms with Crippen molar-refractivity contribution in [3.63, 3.8) is 0 Å². The monoisotopic (exact) mass is 517 g/mol. The average molecular weight is 518 g/mol. The van der Waals surface area contributed by atoms with Crippen molar-refractivity contribution in [1.82, 2.24) is 5.32 Å². The molecule has 2 heterocycles. The topological polar surface area (TPSA) is 111 Å². The molecule has 182 valence electrons. The zero-order valence-electron chi connectivity index (χ0n) is 19.0. The number of benzene rings is 2. The van der Waals surface area contributed by atoms with Gasteiger partial charge in [0, 0.05) is 35.6 Å². The normalized spacial score (nSPS) is 25.2. The molecule has 35 heavy (non-hydrogen) atoms. The van der Waals surface area contributed by atoms with Gasteiger partial charge in [-0.3, -0.25) is 14.4 Å². The van der Waals surface area contributed by atoms with Crippen LogP contribution in [0.5, 0.6) is 23.0 Å². The minimum absolute atomic E-state index is 0.0289. The summed E-state index contributed by atoms with van der Waals surface area (Å²) in [6.07, 6.45) is 0.182. The Labute approximate surface area is 210 Å². The van der Waals surface area contributed by atoms with Gasteiger partial charge in [0.2, 0.25) is 23.1 Å². The van der Waals surface area contributed by atoms with Gasteiger partial charge >= 0.3 is 0 Å². The Hall–Kier alpha value is -3.23. The summed E-state index contributed by atoms with van der Waals surface area (Å²) in [4.78, 5) is 40.7. The van der Waals surface area contributed by atoms with Gasteiger partial charge in [-0.25, -0.2) is 0 Å². The molecule has 2 aromatic rings. The number of ketones is 2. The second-order valence-corrected chi connectivity index (χ2v) is 9.59. The summed E-state index contributed by atoms with van der Waals surface area (Å²) in [7, 11) is 2.82. The number of phenols is 1. The Balaban J connectivity index is 1.67. The van der Waals surface area contributed by atoms with Gasteiger partial charge in [0.1, 0.15) is 27.8 Å². The summed E-state index contributed by atoms with van der Waals surface area (Å²) >= 11 is 12.6. The highest BCUT2D eigenvalue weighted by atomic mass is 35.5. The minimum Gasteiger partial charge on any atom is -0.506 e. The van der Waals surface area contributed by atoms with Gasteiger partial charge in [-0.15, -0.1) is 0 Å². The van der Waals surface area contributed by atoms with Crippen LogP contribution >= 0.6 is 23.2 Å². The minimum atomic E-state index is -1.88. The molecule has 0 radical (unpaired) electrons. The first kappa shape index (κ1) is 23.5. The van der Waals surface area contributed by atoms with Crippen LogP contribution in [0.4, 0.5) is 0 Å². The lowest BCUT2D eigenvalue weighted by Crippen LogP contribution is -2.59. The van der Waals surface area contributed by atoms with Crippen LogP contribution in [-0.2, 0) is 9.59 Å². The Morgan fingerprint density at radius 2 is 1.77 bits per heavy atom. The van der Waals surface area contributed by atoms with Gasteiger partial charge in [0.25, 0.3) is 0 Å². The number of halogens is 2. The molecule has 0 saturated carbocycles. The summed E-state index contributed by atoms with van der Waals surface area (Å²) < 4.78 is 16.9. The molecule has 3 atom stereocenters. The van der Waals surface area contributed by atoms with Crippen LogP contribution in [-0.4, -0.2) is 42.4 Å². The van der Waals surface area contributed by atoms with E-state index in [1.54, 1.807) is 13.0 Å². The first-order valence-corrected chi connectivity index (χ1v) is 11.6. The van der Waals surface area contributed by atoms with E-state index in [2.05, 4.69) is 5.32 Å². The highest BCUT2D eigenvalue weighted by Gasteiger charge is 2.63. The van der Waals surface area contributed by atoms with E-state index >= 15 is 0 Å². The first-order valence-electron chi connectivity index (χ1n) is 10.9. The molecule has 2 aliphatic heterocycles. The van der Waals surface area contributed by atoms with E-state index in [9.17, 15) is 19.5 Å². The van der Waals surface area contributed by atoms with Gasteiger partial charge in [0.15, 0.2) is 5.75 Å². The summed E-state index contributed by atoms with van der Waals surface area (Å²) in [5, 5.41) is 12.8. The van der Waals surface area contributed by atoms with Crippen LogP contribution in [0.1, 0.15) is 41.6 Å². The molecule has 0 bridgehead atoms. The van der Waals surface area contributed by atoms with Crippen molar-refractivity contribution in [1.29, 1.82) is 0 Å². The quantitative estimate of drug-likeness (QED) is 0.586. The number of hydrogen-bond acceptors (Lipinski definition) is 7. The lowest BCUT2D eigenvalue weighted by Gasteiger charge is -2.41. The standard InChI is InChI=1S/C25H21Cl2NO7/c1-10-6-14-19(12(8-18(30)28-14)11-4-5-15(29)13(26)7-11)23(31)25(10)24(32)20-16(33-2)9-17(34-3)21(27)22(20)35-25/h4-5,7,9-10,12,29H,6,8H2,1-3H3,(H,28,30)/t10-,12?,25+/m1/s1. The molecule has 0 saturated heterocycles. The maximum absolute atomic E-state index is 14.2. The van der Waals surface area contributed by atoms with Crippen LogP contribution in [0.15, 0.2) is 35.5 Å². The summed E-state index contributed by atoms with van der Waals surface area (Å²) in [6, 6.07) is 6.00. The molecule has 1 unspecified atom stereocenters. The fourth-order valence-corrected chi connectivity index (χ4v) is 5.67. The van der Waals surface area contributed by atoms with E-state index in [0.29, 0.717) is 11.3 Å². The molecule has 5 rings (SSSR count). The lowest BCUT2D eigenvalue weighted by molar-refractivity contribution is -0.131. The van der Waals surface area contributed by atoms with Gasteiger partial charge in [0.05, 0.1) is 19.2 Å². The third-order valence-electron chi connectivity index (χ3n) is 6.93. The number of nitrogens with one attached hydrogen (secondary N) is 1. The van der Waals surface area contributed by atoms with Gasteiger partial charge in [-0.1, -0.05) is 36.2 Å². The molecule has 0 fully saturated rings. The summed E-state index contributed by atoms with van der Waals surface area (Å²) in [6.45, 7) is 1.72. The molecule has 2 N–H and O–H groups in total. The largest absolute Gasteiger partial charge is 0.506 e. The number of allylic oxidation sites excluding steroid dienone is 1. The smallest absolute Gasteiger partial charge is 0.236 e. The van der Waals surface area contributed by atoms with Crippen molar-refractivity contribution in [3.8, 4) is 23.0 Å². The highest BCUT2D eigenvalue weighted by molar-refractivity contribution is 6.36. The Kier molecular flexibility index (Phi) is 5.49. The number of carbonyl (C=O) groups is 3. The predicted molar refractivity (Wildman–Crippen MR) is 127 cm³/mol. The maximum Gasteiger partial charge on any atom is 0.236 e. The summed E-state index contributed by atoms with van der Waals surface area (Å²) in [5.41, 5.74) is -0.528. The van der Waals surface area contributed by atoms with Crippen molar-refractivity contribution in [2.45, 2.75) is 31.3 Å². The number of aromatic hydroxyl groups is 1. The van der Waals surface area contributed by atoms with Crippen LogP contribution in [0.25, 0.3) is 0 Å². The van der Waals surface area contributed by atoms with Crippen molar-refractivity contribution in [2.24, 2.45) is 5.92 Å². The number of carbonyl (C=O) groups excluding carboxylic acids is 3. The molecule has 10 heteroatoms. The highest BCUT2D eigenvalue weighted by Crippen LogP contribution is 2.55. The summed E-state index contributed by atoms with van der Waals surface area (Å²) in [5.74, 6) is -2.34. The number of amides is 1. The van der Waals surface area contributed by atoms with E-state index in [0.717, 1.165) is 0 Å². The van der Waals surface area contributed by atoms with Gasteiger partial charge in [-0.05, 0) is 24.1 Å². The maximum atomic E-state index is 14.2. The number of methoxy groups -OCH3 is 2. The Morgan fingerprint density at radius 3 is 2.43 bits per heavy atom.